The summed E-state index contributed by atoms with van der Waals surface area (Å²) in [6.45, 7) is 0.916. The highest BCUT2D eigenvalue weighted by Crippen LogP contribution is 2.40. The highest BCUT2D eigenvalue weighted by Gasteiger charge is 2.34. The summed E-state index contributed by atoms with van der Waals surface area (Å²) in [5.74, 6) is -1.24. The second kappa shape index (κ2) is 10.8. The van der Waals surface area contributed by atoms with Gasteiger partial charge in [-0.1, -0.05) is 30.3 Å². The van der Waals surface area contributed by atoms with Crippen LogP contribution in [0.2, 0.25) is 0 Å². The van der Waals surface area contributed by atoms with Crippen LogP contribution in [0.3, 0.4) is 0 Å². The highest BCUT2D eigenvalue weighted by atomic mass is 32.3. The Morgan fingerprint density at radius 3 is 2.16 bits per heavy atom. The van der Waals surface area contributed by atoms with Crippen LogP contribution in [0, 0.1) is 5.82 Å². The first kappa shape index (κ1) is 25.8. The zero-order valence-corrected chi connectivity index (χ0v) is 19.8. The molecule has 0 atom stereocenters. The molecule has 4 aromatic rings. The fraction of sp³-hybridized carbons (Fsp3) is 0.0833. The Labute approximate surface area is 210 Å². The number of halogens is 1. The number of hydrazine groups is 1. The molecular formula is C24H20FN5O6S. The van der Waals surface area contributed by atoms with Crippen molar-refractivity contribution in [3.63, 3.8) is 0 Å². The molecular weight excluding hydrogens is 505 g/mol. The number of aromatic nitrogens is 3. The van der Waals surface area contributed by atoms with Gasteiger partial charge in [-0.2, -0.15) is 13.5 Å². The molecule has 1 aliphatic heterocycles. The van der Waals surface area contributed by atoms with Gasteiger partial charge in [-0.15, -0.1) is 0 Å². The van der Waals surface area contributed by atoms with Gasteiger partial charge in [-0.25, -0.2) is 19.5 Å². The number of carbonyl (C=O) groups is 2. The summed E-state index contributed by atoms with van der Waals surface area (Å²) in [4.78, 5) is 30.2. The van der Waals surface area contributed by atoms with E-state index in [4.69, 9.17) is 22.6 Å². The fourth-order valence-electron chi connectivity index (χ4n) is 3.76. The Balaban J connectivity index is 0.000000586. The molecule has 1 aliphatic rings. The van der Waals surface area contributed by atoms with Crippen LogP contribution in [0.4, 0.5) is 10.2 Å². The number of benzene rings is 2. The van der Waals surface area contributed by atoms with E-state index in [2.05, 4.69) is 10.4 Å². The maximum Gasteiger partial charge on any atom is 0.394 e. The SMILES string of the molecule is O=C(C(=O)N1NCCn2nc(-c3ccc(F)cc3)c(-c3ccncc3)c21)c1ccccc1.O=S(=O)(O)O. The summed E-state index contributed by atoms with van der Waals surface area (Å²) in [7, 11) is -4.67. The minimum Gasteiger partial charge on any atom is -0.283 e. The zero-order chi connectivity index (χ0) is 26.6. The number of ketones is 1. The Hall–Kier alpha value is -4.30. The number of nitrogens with zero attached hydrogens (tertiary/aromatic N) is 4. The standard InChI is InChI=1S/C24H18FN5O2.H2O4S/c25-19-8-6-17(7-9-19)21-20(16-10-12-26-13-11-16)23-29(28-21)15-14-27-30(23)24(32)22(31)18-4-2-1-3-5-18;1-5(2,3)4/h1-13,27H,14-15H2;(H2,1,2,3,4). The minimum absolute atomic E-state index is 0.306. The molecule has 3 heterocycles. The molecule has 0 spiro atoms. The third-order valence-corrected chi connectivity index (χ3v) is 5.25. The summed E-state index contributed by atoms with van der Waals surface area (Å²) >= 11 is 0. The molecule has 0 aliphatic carbocycles. The third-order valence-electron chi connectivity index (χ3n) is 5.25. The van der Waals surface area contributed by atoms with Crippen LogP contribution in [0.25, 0.3) is 22.4 Å². The topological polar surface area (TPSA) is 155 Å². The molecule has 37 heavy (non-hydrogen) atoms. The van der Waals surface area contributed by atoms with E-state index in [-0.39, 0.29) is 5.82 Å². The molecule has 0 radical (unpaired) electrons. The van der Waals surface area contributed by atoms with Crippen molar-refractivity contribution in [3.8, 4) is 22.4 Å². The molecule has 1 amide bonds. The second-order valence-electron chi connectivity index (χ2n) is 7.70. The number of hydrogen-bond acceptors (Lipinski definition) is 7. The van der Waals surface area contributed by atoms with Crippen LogP contribution in [0.1, 0.15) is 10.4 Å². The van der Waals surface area contributed by atoms with E-state index < -0.39 is 22.1 Å². The van der Waals surface area contributed by atoms with Gasteiger partial charge >= 0.3 is 16.3 Å². The van der Waals surface area contributed by atoms with Crippen molar-refractivity contribution in [1.82, 2.24) is 20.2 Å². The van der Waals surface area contributed by atoms with Crippen molar-refractivity contribution in [2.24, 2.45) is 0 Å². The molecule has 0 bridgehead atoms. The van der Waals surface area contributed by atoms with E-state index in [1.807, 2.05) is 0 Å². The highest BCUT2D eigenvalue weighted by molar-refractivity contribution is 7.79. The number of anilines is 1. The largest absolute Gasteiger partial charge is 0.394 e. The Bertz CT molecular complexity index is 1520. The summed E-state index contributed by atoms with van der Waals surface area (Å²) in [6.07, 6.45) is 3.29. The van der Waals surface area contributed by atoms with E-state index in [9.17, 15) is 14.0 Å². The van der Waals surface area contributed by atoms with Crippen molar-refractivity contribution >= 4 is 27.9 Å². The van der Waals surface area contributed by atoms with E-state index in [0.717, 1.165) is 5.56 Å². The lowest BCUT2D eigenvalue weighted by Crippen LogP contribution is -2.51. The van der Waals surface area contributed by atoms with Crippen LogP contribution >= 0.6 is 0 Å². The van der Waals surface area contributed by atoms with Crippen molar-refractivity contribution in [2.45, 2.75) is 6.54 Å². The number of carbonyl (C=O) groups excluding carboxylic acids is 2. The summed E-state index contributed by atoms with van der Waals surface area (Å²) < 4.78 is 46.8. The number of nitrogens with one attached hydrogen (secondary N) is 1. The average molecular weight is 526 g/mol. The molecule has 11 nitrogen and oxygen atoms in total. The van der Waals surface area contributed by atoms with Crippen LogP contribution in [-0.4, -0.2) is 50.5 Å². The van der Waals surface area contributed by atoms with Crippen molar-refractivity contribution in [2.75, 3.05) is 11.6 Å². The monoisotopic (exact) mass is 525 g/mol. The molecule has 3 N–H and O–H groups in total. The molecule has 2 aromatic carbocycles. The van der Waals surface area contributed by atoms with Gasteiger partial charge in [0.15, 0.2) is 5.82 Å². The molecule has 0 saturated heterocycles. The van der Waals surface area contributed by atoms with Gasteiger partial charge in [0.2, 0.25) is 0 Å². The third kappa shape index (κ3) is 6.10. The molecule has 13 heteroatoms. The van der Waals surface area contributed by atoms with Crippen LogP contribution in [0.15, 0.2) is 79.1 Å². The lowest BCUT2D eigenvalue weighted by atomic mass is 10.0. The van der Waals surface area contributed by atoms with E-state index >= 15 is 0 Å². The van der Waals surface area contributed by atoms with E-state index in [1.165, 1.54) is 17.1 Å². The van der Waals surface area contributed by atoms with Crippen molar-refractivity contribution in [3.05, 3.63) is 90.5 Å². The Morgan fingerprint density at radius 1 is 0.919 bits per heavy atom. The predicted molar refractivity (Wildman–Crippen MR) is 131 cm³/mol. The Morgan fingerprint density at radius 2 is 1.54 bits per heavy atom. The minimum atomic E-state index is -4.67. The number of hydrogen-bond donors (Lipinski definition) is 3. The van der Waals surface area contributed by atoms with Crippen molar-refractivity contribution < 1.29 is 31.5 Å². The van der Waals surface area contributed by atoms with Gasteiger partial charge in [0.25, 0.3) is 5.78 Å². The fourth-order valence-corrected chi connectivity index (χ4v) is 3.76. The van der Waals surface area contributed by atoms with Crippen LogP contribution < -0.4 is 10.4 Å². The smallest absolute Gasteiger partial charge is 0.283 e. The van der Waals surface area contributed by atoms with Gasteiger partial charge in [-0.3, -0.25) is 23.7 Å². The molecule has 0 fully saturated rings. The summed E-state index contributed by atoms with van der Waals surface area (Å²) in [6, 6.07) is 18.0. The van der Waals surface area contributed by atoms with Gasteiger partial charge in [0.1, 0.15) is 11.5 Å². The normalized spacial score (nSPS) is 12.8. The number of rotatable bonds is 4. The van der Waals surface area contributed by atoms with Crippen LogP contribution in [-0.2, 0) is 21.7 Å². The second-order valence-corrected chi connectivity index (χ2v) is 8.60. The average Bonchev–Trinajstić information content (AvgIpc) is 3.28. The molecule has 2 aromatic heterocycles. The van der Waals surface area contributed by atoms with E-state index in [0.29, 0.717) is 41.3 Å². The van der Waals surface area contributed by atoms with Gasteiger partial charge < -0.3 is 0 Å². The van der Waals surface area contributed by atoms with Gasteiger partial charge in [0, 0.05) is 30.1 Å². The maximum absolute atomic E-state index is 13.5. The zero-order valence-electron chi connectivity index (χ0n) is 19.0. The maximum atomic E-state index is 13.5. The number of fused-ring (bicyclic) bond motifs is 1. The number of pyridine rings is 1. The van der Waals surface area contributed by atoms with Crippen LogP contribution in [0.5, 0.6) is 0 Å². The van der Waals surface area contributed by atoms with Crippen molar-refractivity contribution in [1.29, 1.82) is 0 Å². The summed E-state index contributed by atoms with van der Waals surface area (Å²) in [5.41, 5.74) is 6.05. The first-order valence-corrected chi connectivity index (χ1v) is 12.2. The summed E-state index contributed by atoms with van der Waals surface area (Å²) in [5, 5.41) is 5.98. The molecule has 5 rings (SSSR count). The number of amides is 1. The molecule has 0 unspecified atom stereocenters. The Kier molecular flexibility index (Phi) is 7.50. The van der Waals surface area contributed by atoms with E-state index in [1.54, 1.807) is 71.7 Å². The van der Waals surface area contributed by atoms with Gasteiger partial charge in [0.05, 0.1) is 12.1 Å². The predicted octanol–water partition coefficient (Wildman–Crippen LogP) is 2.83. The van der Waals surface area contributed by atoms with Gasteiger partial charge in [-0.05, 0) is 42.0 Å². The first-order chi connectivity index (χ1) is 17.6. The lowest BCUT2D eigenvalue weighted by molar-refractivity contribution is -0.115. The lowest BCUT2D eigenvalue weighted by Gasteiger charge is -2.29. The molecule has 190 valence electrons. The molecule has 0 saturated carbocycles. The quantitative estimate of drug-likeness (QED) is 0.207. The number of Topliss-reactive ketones (excluding diaryl/α,β-unsaturated/α-hetero) is 1. The first-order valence-electron chi connectivity index (χ1n) is 10.8.